The first kappa shape index (κ1) is 16.0. The molecule has 0 atom stereocenters. The van der Waals surface area contributed by atoms with Crippen molar-refractivity contribution in [3.8, 4) is 39.1 Å². The lowest BCUT2D eigenvalue weighted by atomic mass is 9.84. The third-order valence-corrected chi connectivity index (χ3v) is 8.47. The third-order valence-electron chi connectivity index (χ3n) is 8.47. The van der Waals surface area contributed by atoms with Gasteiger partial charge in [0.1, 0.15) is 5.82 Å². The van der Waals surface area contributed by atoms with Crippen LogP contribution in [0.3, 0.4) is 0 Å². The van der Waals surface area contributed by atoms with Gasteiger partial charge in [0.2, 0.25) is 0 Å². The molecule has 8 aromatic carbocycles. The Balaban J connectivity index is 1.46. The SMILES string of the molecule is [2H]c1c([2H])c([2H])c2c(-c3c4c([2H])c([2H])c([2H])c([2H])c4c(-c4cccc(-c5cccc(-n6c(CC)nc7ccccc76)c5)c4)c4c([2H])c([2H])c([2H])c([2H])c34)c([2H])c([2H])c([2H])c2c1[2H]. The Hall–Kier alpha value is -5.99. The van der Waals surface area contributed by atoms with Crippen LogP contribution < -0.4 is 0 Å². The molecule has 2 heteroatoms. The largest absolute Gasteiger partial charge is 0.296 e. The highest BCUT2D eigenvalue weighted by molar-refractivity contribution is 6.23. The first-order valence-corrected chi connectivity index (χ1v) is 15.1. The van der Waals surface area contributed by atoms with Crippen molar-refractivity contribution in [3.63, 3.8) is 0 Å². The lowest BCUT2D eigenvalue weighted by Crippen LogP contribution is -2.00. The zero-order valence-corrected chi connectivity index (χ0v) is 25.0. The highest BCUT2D eigenvalue weighted by Gasteiger charge is 2.18. The predicted molar refractivity (Wildman–Crippen MR) is 199 cm³/mol. The Bertz CT molecular complexity index is 3380. The Morgan fingerprint density at radius 3 is 1.89 bits per heavy atom. The number of benzene rings is 8. The summed E-state index contributed by atoms with van der Waals surface area (Å²) < 4.78 is 137. The molecule has 0 saturated heterocycles. The monoisotopic (exact) mass is 615 g/mol. The van der Waals surface area contributed by atoms with Crippen molar-refractivity contribution >= 4 is 43.4 Å². The van der Waals surface area contributed by atoms with E-state index in [2.05, 4.69) is 4.57 Å². The quantitative estimate of drug-likeness (QED) is 0.176. The molecule has 2 nitrogen and oxygen atoms in total. The van der Waals surface area contributed by atoms with E-state index in [1.807, 2.05) is 61.5 Å². The van der Waals surface area contributed by atoms with Crippen molar-refractivity contribution in [2.24, 2.45) is 0 Å². The number of nitrogens with zero attached hydrogens (tertiary/aromatic N) is 2. The third kappa shape index (κ3) is 4.45. The summed E-state index contributed by atoms with van der Waals surface area (Å²) >= 11 is 0. The summed E-state index contributed by atoms with van der Waals surface area (Å²) in [5, 5.41) is -1.79. The van der Waals surface area contributed by atoms with Crippen LogP contribution in [0.1, 0.15) is 33.3 Å². The summed E-state index contributed by atoms with van der Waals surface area (Å²) in [6, 6.07) is 12.4. The summed E-state index contributed by atoms with van der Waals surface area (Å²) in [6.07, 6.45) is 0.665. The van der Waals surface area contributed by atoms with E-state index in [-0.39, 0.29) is 32.7 Å². The van der Waals surface area contributed by atoms with Gasteiger partial charge in [-0.1, -0.05) is 140 Å². The van der Waals surface area contributed by atoms with E-state index in [1.54, 1.807) is 18.2 Å². The number of hydrogen-bond donors (Lipinski definition) is 0. The number of fused-ring (bicyclic) bond motifs is 4. The maximum atomic E-state index is 9.40. The topological polar surface area (TPSA) is 17.8 Å². The summed E-state index contributed by atoms with van der Waals surface area (Å²) in [7, 11) is 0. The van der Waals surface area contributed by atoms with Crippen LogP contribution >= 0.6 is 0 Å². The van der Waals surface area contributed by atoms with Gasteiger partial charge in [0.15, 0.2) is 0 Å². The average Bonchev–Trinajstić information content (AvgIpc) is 3.67. The van der Waals surface area contributed by atoms with Crippen LogP contribution in [0.15, 0.2) is 163 Å². The van der Waals surface area contributed by atoms with Gasteiger partial charge in [0, 0.05) is 12.1 Å². The Labute approximate surface area is 295 Å². The zero-order valence-electron chi connectivity index (χ0n) is 40.0. The molecule has 0 bridgehead atoms. The minimum absolute atomic E-state index is 0.0329. The maximum Gasteiger partial charge on any atom is 0.114 e. The molecule has 0 radical (unpaired) electrons. The fourth-order valence-electron chi connectivity index (χ4n) is 6.44. The van der Waals surface area contributed by atoms with Gasteiger partial charge in [0.25, 0.3) is 0 Å². The smallest absolute Gasteiger partial charge is 0.114 e. The van der Waals surface area contributed by atoms with E-state index in [1.165, 1.54) is 0 Å². The van der Waals surface area contributed by atoms with Crippen LogP contribution in [-0.2, 0) is 6.42 Å². The van der Waals surface area contributed by atoms with Gasteiger partial charge in [-0.3, -0.25) is 4.57 Å². The second-order valence-electron chi connectivity index (χ2n) is 11.1. The fraction of sp³-hybridized carbons (Fsp3) is 0.0444. The van der Waals surface area contributed by atoms with Crippen molar-refractivity contribution in [1.82, 2.24) is 9.55 Å². The van der Waals surface area contributed by atoms with Crippen LogP contribution in [0.4, 0.5) is 0 Å². The second-order valence-corrected chi connectivity index (χ2v) is 11.1. The molecule has 0 aliphatic carbocycles. The minimum Gasteiger partial charge on any atom is -0.296 e. The first-order valence-electron chi connectivity index (χ1n) is 22.6. The highest BCUT2D eigenvalue weighted by Crippen LogP contribution is 2.45. The van der Waals surface area contributed by atoms with Crippen LogP contribution in [0.5, 0.6) is 0 Å². The van der Waals surface area contributed by atoms with Gasteiger partial charge in [-0.2, -0.15) is 0 Å². The lowest BCUT2D eigenvalue weighted by molar-refractivity contribution is 0.908. The van der Waals surface area contributed by atoms with Crippen molar-refractivity contribution in [2.75, 3.05) is 0 Å². The van der Waals surface area contributed by atoms with Crippen LogP contribution in [-0.4, -0.2) is 9.55 Å². The molecule has 0 spiro atoms. The van der Waals surface area contributed by atoms with Crippen molar-refractivity contribution < 1.29 is 20.6 Å². The Morgan fingerprint density at radius 1 is 0.553 bits per heavy atom. The van der Waals surface area contributed by atoms with E-state index in [0.29, 0.717) is 17.5 Å². The van der Waals surface area contributed by atoms with Crippen LogP contribution in [0.25, 0.3) is 82.4 Å². The summed E-state index contributed by atoms with van der Waals surface area (Å²) in [4.78, 5) is 4.83. The molecule has 9 rings (SSSR count). The standard InChI is InChI=1S/C45H32N2/c1-2-43-46-41-26-9-10-27-42(41)47(43)34-19-12-17-32(29-34)31-16-11-18-33(28-31)44-37-21-5-7-23-39(37)45(40-24-8-6-22-38(40)44)36-25-13-15-30-14-3-4-20-35(30)36/h3-29H,2H2,1H3/i3D,4D,5D,6D,7D,8D,13D,14D,15D,20D,21D,22D,23D,24D,25D. The van der Waals surface area contributed by atoms with Crippen molar-refractivity contribution in [3.05, 3.63) is 169 Å². The first-order chi connectivity index (χ1) is 29.5. The molecule has 0 fully saturated rings. The average molecular weight is 616 g/mol. The van der Waals surface area contributed by atoms with E-state index >= 15 is 0 Å². The highest BCUT2D eigenvalue weighted by atomic mass is 15.1. The van der Waals surface area contributed by atoms with Gasteiger partial charge in [0.05, 0.1) is 31.6 Å². The molecule has 0 unspecified atom stereocenters. The molecule has 222 valence electrons. The normalized spacial score (nSPS) is 16.1. The zero-order chi connectivity index (χ0) is 44.4. The van der Waals surface area contributed by atoms with E-state index in [0.717, 1.165) is 28.1 Å². The summed E-state index contributed by atoms with van der Waals surface area (Å²) in [6.45, 7) is 2.02. The maximum absolute atomic E-state index is 9.40. The van der Waals surface area contributed by atoms with Crippen molar-refractivity contribution in [2.45, 2.75) is 13.3 Å². The molecule has 0 saturated carbocycles. The molecule has 0 N–H and O–H groups in total. The lowest BCUT2D eigenvalue weighted by Gasteiger charge is -2.19. The molecular formula is C45H32N2. The molecule has 9 aromatic rings. The predicted octanol–water partition coefficient (Wildman–Crippen LogP) is 12.0. The van der Waals surface area contributed by atoms with Gasteiger partial charge >= 0.3 is 0 Å². The Kier molecular flexibility index (Phi) is 3.79. The van der Waals surface area contributed by atoms with Gasteiger partial charge < -0.3 is 0 Å². The van der Waals surface area contributed by atoms with E-state index < -0.39 is 107 Å². The summed E-state index contributed by atoms with van der Waals surface area (Å²) in [5.74, 6) is 0.854. The number of aromatic nitrogens is 2. The molecule has 1 aromatic heterocycles. The number of rotatable bonds is 5. The minimum atomic E-state index is -0.755. The molecule has 47 heavy (non-hydrogen) atoms. The number of para-hydroxylation sites is 2. The molecule has 0 amide bonds. The summed E-state index contributed by atoms with van der Waals surface area (Å²) in [5.41, 5.74) is 3.60. The second kappa shape index (κ2) is 11.1. The van der Waals surface area contributed by atoms with E-state index in [9.17, 15) is 6.85 Å². The van der Waals surface area contributed by atoms with Crippen LogP contribution in [0.2, 0.25) is 0 Å². The van der Waals surface area contributed by atoms with Crippen molar-refractivity contribution in [1.29, 1.82) is 0 Å². The molecule has 1 heterocycles. The number of aryl methyl sites for hydroxylation is 1. The van der Waals surface area contributed by atoms with E-state index in [4.69, 9.17) is 18.7 Å². The fourth-order valence-corrected chi connectivity index (χ4v) is 6.44. The Morgan fingerprint density at radius 2 is 1.15 bits per heavy atom. The number of imidazole rings is 1. The van der Waals surface area contributed by atoms with Crippen LogP contribution in [0, 0.1) is 0 Å². The molecular weight excluding hydrogens is 569 g/mol. The number of hydrogen-bond acceptors (Lipinski definition) is 1. The van der Waals surface area contributed by atoms with Gasteiger partial charge in [-0.15, -0.1) is 0 Å². The molecule has 0 aliphatic heterocycles. The van der Waals surface area contributed by atoms with Gasteiger partial charge in [-0.05, 0) is 96.0 Å². The molecule has 0 aliphatic rings. The van der Waals surface area contributed by atoms with Gasteiger partial charge in [-0.25, -0.2) is 4.98 Å².